The van der Waals surface area contributed by atoms with Crippen LogP contribution in [0.2, 0.25) is 0 Å². The van der Waals surface area contributed by atoms with Gasteiger partial charge in [0.2, 0.25) is 0 Å². The zero-order valence-electron chi connectivity index (χ0n) is 5.91. The topological polar surface area (TPSA) is 222 Å². The molecule has 0 heterocycles. The summed E-state index contributed by atoms with van der Waals surface area (Å²) in [4.78, 5) is 25.1. The average molecular weight is 376 g/mol. The summed E-state index contributed by atoms with van der Waals surface area (Å²) in [6.45, 7) is 0. The minimum absolute atomic E-state index is 0. The van der Waals surface area contributed by atoms with Crippen LogP contribution < -0.4 is 0 Å². The molecule has 0 unspecified atom stereocenters. The van der Waals surface area contributed by atoms with Crippen LogP contribution in [0.3, 0.4) is 0 Å². The molecule has 5 N–H and O–H groups in total. The quantitative estimate of drug-likeness (QED) is 0.318. The molecule has 0 fully saturated rings. The Morgan fingerprint density at radius 3 is 0.714 bits per heavy atom. The molecular formula is H5N3O10Tm. The van der Waals surface area contributed by atoms with Crippen LogP contribution in [0.5, 0.6) is 0 Å². The zero-order valence-corrected chi connectivity index (χ0v) is 7.69. The number of hydrogen-bond donors (Lipinski definition) is 3. The van der Waals surface area contributed by atoms with E-state index in [1.165, 1.54) is 0 Å². The molecule has 0 aliphatic rings. The summed E-state index contributed by atoms with van der Waals surface area (Å²) in [7, 11) is 0. The maximum absolute atomic E-state index is 8.36. The smallest absolute Gasteiger partial charge is 0.291 e. The monoisotopic (exact) mass is 376 g/mol. The molecule has 0 spiro atoms. The largest absolute Gasteiger partial charge is 0.412 e. The van der Waals surface area contributed by atoms with Crippen LogP contribution in [0.4, 0.5) is 0 Å². The fourth-order valence-corrected chi connectivity index (χ4v) is 0. The summed E-state index contributed by atoms with van der Waals surface area (Å²) in [5.41, 5.74) is 0. The van der Waals surface area contributed by atoms with Crippen molar-refractivity contribution in [3.63, 3.8) is 0 Å². The van der Waals surface area contributed by atoms with Gasteiger partial charge < -0.3 is 21.1 Å². The number of nitrogens with zero attached hydrogens (tertiary/aromatic N) is 3. The molecule has 0 rings (SSSR count). The van der Waals surface area contributed by atoms with Crippen LogP contribution in [0.15, 0.2) is 0 Å². The molecule has 0 aromatic rings. The van der Waals surface area contributed by atoms with E-state index in [0.29, 0.717) is 0 Å². The zero-order chi connectivity index (χ0) is 10.7. The van der Waals surface area contributed by atoms with Gasteiger partial charge >= 0.3 is 0 Å². The Hall–Kier alpha value is -1.21. The van der Waals surface area contributed by atoms with Gasteiger partial charge in [0.1, 0.15) is 0 Å². The van der Waals surface area contributed by atoms with Crippen LogP contribution in [0.1, 0.15) is 0 Å². The van der Waals surface area contributed by atoms with Crippen molar-refractivity contribution >= 4 is 0 Å². The van der Waals surface area contributed by atoms with E-state index in [1.807, 2.05) is 0 Å². The van der Waals surface area contributed by atoms with Crippen LogP contribution in [0, 0.1) is 67.2 Å². The molecule has 93 valence electrons. The van der Waals surface area contributed by atoms with Gasteiger partial charge in [0.15, 0.2) is 0 Å². The van der Waals surface area contributed by atoms with E-state index in [2.05, 4.69) is 0 Å². The summed E-state index contributed by atoms with van der Waals surface area (Å²) < 4.78 is 0. The molecule has 0 aromatic carbocycles. The van der Waals surface area contributed by atoms with Gasteiger partial charge in [-0.15, -0.1) is 30.3 Å². The minimum atomic E-state index is -1.50. The molecule has 0 aliphatic carbocycles. The average Bonchev–Trinajstić information content (AvgIpc) is 1.54. The van der Waals surface area contributed by atoms with Crippen molar-refractivity contribution in [2.24, 2.45) is 0 Å². The van der Waals surface area contributed by atoms with E-state index < -0.39 is 15.3 Å². The summed E-state index contributed by atoms with van der Waals surface area (Å²) >= 11 is 0. The van der Waals surface area contributed by atoms with Crippen molar-refractivity contribution in [2.75, 3.05) is 0 Å². The molecule has 14 heteroatoms. The van der Waals surface area contributed by atoms with Gasteiger partial charge in [-0.05, 0) is 0 Å². The van der Waals surface area contributed by atoms with Gasteiger partial charge in [0.05, 0.1) is 0 Å². The summed E-state index contributed by atoms with van der Waals surface area (Å²) in [6.07, 6.45) is 0. The minimum Gasteiger partial charge on any atom is -0.412 e. The van der Waals surface area contributed by atoms with Gasteiger partial charge in [-0.1, -0.05) is 0 Å². The third-order valence-corrected chi connectivity index (χ3v) is 0. The fourth-order valence-electron chi connectivity index (χ4n) is 0. The maximum atomic E-state index is 8.36. The molecule has 0 aliphatic heterocycles. The molecule has 0 saturated carbocycles. The van der Waals surface area contributed by atoms with Crippen molar-refractivity contribution in [3.05, 3.63) is 30.3 Å². The first kappa shape index (κ1) is 29.3. The standard InChI is InChI=1S/3HNO3.H2O.Tm/c3*2-1(3)4;;/h3*(H,2,3,4);1H2;. The predicted octanol–water partition coefficient (Wildman–Crippen LogP) is -1.87. The maximum Gasteiger partial charge on any atom is 0.291 e. The molecule has 0 atom stereocenters. The number of hydrogen-bond acceptors (Lipinski definition) is 6. The Balaban J connectivity index is -0.0000000270. The Bertz CT molecular complexity index is 113. The van der Waals surface area contributed by atoms with Crippen LogP contribution in [0.25, 0.3) is 0 Å². The van der Waals surface area contributed by atoms with E-state index in [1.54, 1.807) is 0 Å². The van der Waals surface area contributed by atoms with Gasteiger partial charge in [-0.2, -0.15) is 0 Å². The van der Waals surface area contributed by atoms with Gasteiger partial charge in [-0.25, -0.2) is 0 Å². The molecule has 14 heavy (non-hydrogen) atoms. The van der Waals surface area contributed by atoms with Gasteiger partial charge in [-0.3, -0.25) is 0 Å². The fraction of sp³-hybridized carbons (Fsp3) is 0. The third-order valence-electron chi connectivity index (χ3n) is 0. The Kier molecular flexibility index (Phi) is 47.3. The second kappa shape index (κ2) is 22.6. The van der Waals surface area contributed by atoms with Crippen molar-refractivity contribution in [3.8, 4) is 0 Å². The van der Waals surface area contributed by atoms with Crippen molar-refractivity contribution in [1.29, 1.82) is 0 Å². The Labute approximate surface area is 103 Å². The van der Waals surface area contributed by atoms with E-state index in [-0.39, 0.29) is 42.4 Å². The first-order valence-corrected chi connectivity index (χ1v) is 1.70. The van der Waals surface area contributed by atoms with Gasteiger partial charge in [0, 0.05) is 36.9 Å². The first-order valence-electron chi connectivity index (χ1n) is 1.70. The SMILES string of the molecule is O.O=[N+]([O-])O.O=[N+]([O-])O.O=[N+]([O-])O.[Tm]. The van der Waals surface area contributed by atoms with Crippen molar-refractivity contribution in [1.82, 2.24) is 0 Å². The van der Waals surface area contributed by atoms with Crippen LogP contribution in [-0.2, 0) is 0 Å². The molecular weight excluding hydrogens is 371 g/mol. The van der Waals surface area contributed by atoms with Crippen molar-refractivity contribution < 1.29 is 73.2 Å². The molecule has 0 aromatic heterocycles. The van der Waals surface area contributed by atoms with Crippen LogP contribution >= 0.6 is 0 Å². The van der Waals surface area contributed by atoms with Gasteiger partial charge in [0.25, 0.3) is 15.3 Å². The molecule has 1 radical (unpaired) electrons. The predicted molar refractivity (Wildman–Crippen MR) is 30.0 cm³/mol. The molecule has 0 bridgehead atoms. The molecule has 0 saturated heterocycles. The Morgan fingerprint density at radius 1 is 0.714 bits per heavy atom. The first-order chi connectivity index (χ1) is 5.20. The second-order valence-electron chi connectivity index (χ2n) is 0.714. The second-order valence-corrected chi connectivity index (χ2v) is 0.714. The third kappa shape index (κ3) is 712. The van der Waals surface area contributed by atoms with E-state index in [4.69, 9.17) is 46.0 Å². The summed E-state index contributed by atoms with van der Waals surface area (Å²) in [6, 6.07) is 0. The van der Waals surface area contributed by atoms with E-state index in [9.17, 15) is 0 Å². The Morgan fingerprint density at radius 2 is 0.714 bits per heavy atom. The van der Waals surface area contributed by atoms with Crippen molar-refractivity contribution in [2.45, 2.75) is 0 Å². The van der Waals surface area contributed by atoms with E-state index >= 15 is 0 Å². The molecule has 0 amide bonds. The summed E-state index contributed by atoms with van der Waals surface area (Å²) in [5.74, 6) is 0. The van der Waals surface area contributed by atoms with E-state index in [0.717, 1.165) is 0 Å². The van der Waals surface area contributed by atoms with Crippen LogP contribution in [-0.4, -0.2) is 36.4 Å². The number of rotatable bonds is 0. The normalized spacial score (nSPS) is 5.14. The molecule has 13 nitrogen and oxygen atoms in total. The summed E-state index contributed by atoms with van der Waals surface area (Å²) in [5, 5.41) is 40.9.